The van der Waals surface area contributed by atoms with Crippen LogP contribution in [0.1, 0.15) is 23.3 Å². The third-order valence-electron chi connectivity index (χ3n) is 3.13. The molecule has 6 heteroatoms. The molecule has 0 atom stereocenters. The molecular formula is C15H14N2O4. The number of rotatable bonds is 4. The highest BCUT2D eigenvalue weighted by atomic mass is 16.5. The van der Waals surface area contributed by atoms with Crippen LogP contribution in [-0.4, -0.2) is 34.3 Å². The van der Waals surface area contributed by atoms with E-state index in [1.165, 1.54) is 19.5 Å². The van der Waals surface area contributed by atoms with Gasteiger partial charge in [-0.2, -0.15) is 0 Å². The third-order valence-corrected chi connectivity index (χ3v) is 3.13. The summed E-state index contributed by atoms with van der Waals surface area (Å²) in [4.78, 5) is 19.4. The number of carbonyl (C=O) groups is 1. The van der Waals surface area contributed by atoms with Gasteiger partial charge in [0.2, 0.25) is 0 Å². The summed E-state index contributed by atoms with van der Waals surface area (Å²) in [6.07, 6.45) is 3.55. The molecule has 6 nitrogen and oxygen atoms in total. The van der Waals surface area contributed by atoms with Crippen molar-refractivity contribution in [2.75, 3.05) is 7.11 Å². The second kappa shape index (κ2) is 5.40. The van der Waals surface area contributed by atoms with E-state index in [4.69, 9.17) is 4.74 Å². The first-order chi connectivity index (χ1) is 10.2. The van der Waals surface area contributed by atoms with Gasteiger partial charge < -0.3 is 14.6 Å². The van der Waals surface area contributed by atoms with E-state index in [-0.39, 0.29) is 17.5 Å². The minimum atomic E-state index is -0.531. The fourth-order valence-electron chi connectivity index (χ4n) is 1.87. The molecule has 0 spiro atoms. The zero-order valence-corrected chi connectivity index (χ0v) is 11.4. The molecule has 1 aliphatic rings. The topological polar surface area (TPSA) is 81.5 Å². The zero-order chi connectivity index (χ0) is 14.8. The van der Waals surface area contributed by atoms with Gasteiger partial charge in [-0.3, -0.25) is 0 Å². The van der Waals surface area contributed by atoms with Crippen LogP contribution in [0.25, 0.3) is 11.3 Å². The third kappa shape index (κ3) is 2.94. The number of phenolic OH excluding ortho intramolecular Hbond substituents is 1. The summed E-state index contributed by atoms with van der Waals surface area (Å²) in [5.41, 5.74) is 1.36. The molecule has 0 amide bonds. The van der Waals surface area contributed by atoms with Crippen molar-refractivity contribution in [3.63, 3.8) is 0 Å². The number of methoxy groups -OCH3 is 1. The van der Waals surface area contributed by atoms with Gasteiger partial charge in [-0.15, -0.1) is 0 Å². The summed E-state index contributed by atoms with van der Waals surface area (Å²) in [5.74, 6) is -0.0160. The van der Waals surface area contributed by atoms with Crippen LogP contribution >= 0.6 is 0 Å². The van der Waals surface area contributed by atoms with Gasteiger partial charge in [0.25, 0.3) is 0 Å². The Hall–Kier alpha value is -2.63. The number of aromatic nitrogens is 2. The number of carbonyl (C=O) groups excluding carboxylic acids is 1. The summed E-state index contributed by atoms with van der Waals surface area (Å²) in [6.45, 7) is 0. The van der Waals surface area contributed by atoms with E-state index >= 15 is 0 Å². The van der Waals surface area contributed by atoms with Crippen molar-refractivity contribution in [2.24, 2.45) is 0 Å². The summed E-state index contributed by atoms with van der Waals surface area (Å²) in [5, 5.41) is 9.99. The smallest absolute Gasteiger partial charge is 0.356 e. The molecule has 0 bridgehead atoms. The van der Waals surface area contributed by atoms with Crippen LogP contribution in [0, 0.1) is 0 Å². The molecule has 0 radical (unpaired) electrons. The van der Waals surface area contributed by atoms with Crippen molar-refractivity contribution in [1.82, 2.24) is 9.97 Å². The highest BCUT2D eigenvalue weighted by Gasteiger charge is 2.24. The van der Waals surface area contributed by atoms with Crippen molar-refractivity contribution in [2.45, 2.75) is 18.9 Å². The van der Waals surface area contributed by atoms with E-state index < -0.39 is 5.97 Å². The molecule has 1 fully saturated rings. The van der Waals surface area contributed by atoms with Gasteiger partial charge in [-0.05, 0) is 37.1 Å². The van der Waals surface area contributed by atoms with E-state index in [0.717, 1.165) is 12.8 Å². The number of esters is 1. The van der Waals surface area contributed by atoms with Gasteiger partial charge in [-0.25, -0.2) is 14.8 Å². The van der Waals surface area contributed by atoms with E-state index in [2.05, 4.69) is 14.7 Å². The molecule has 3 rings (SSSR count). The summed E-state index contributed by atoms with van der Waals surface area (Å²) >= 11 is 0. The maximum Gasteiger partial charge on any atom is 0.356 e. The molecule has 1 aromatic heterocycles. The molecular weight excluding hydrogens is 272 g/mol. The standard InChI is InChI=1S/C15H14N2O4/c1-20-15(19)12-7-11(16-8-17-12)9-2-5-14(13(18)6-9)21-10-3-4-10/h2,5-8,10,18H,3-4H2,1H3. The van der Waals surface area contributed by atoms with Crippen LogP contribution in [-0.2, 0) is 4.74 Å². The predicted octanol–water partition coefficient (Wildman–Crippen LogP) is 2.18. The largest absolute Gasteiger partial charge is 0.504 e. The van der Waals surface area contributed by atoms with Crippen LogP contribution < -0.4 is 4.74 Å². The maximum atomic E-state index is 11.5. The lowest BCUT2D eigenvalue weighted by molar-refractivity contribution is 0.0594. The van der Waals surface area contributed by atoms with Gasteiger partial charge in [0, 0.05) is 5.56 Å². The Labute approximate surface area is 121 Å². The number of hydrogen-bond donors (Lipinski definition) is 1. The van der Waals surface area contributed by atoms with Crippen LogP contribution in [0.5, 0.6) is 11.5 Å². The fourth-order valence-corrected chi connectivity index (χ4v) is 1.87. The van der Waals surface area contributed by atoms with E-state index in [0.29, 0.717) is 17.0 Å². The number of phenols is 1. The van der Waals surface area contributed by atoms with Gasteiger partial charge in [-0.1, -0.05) is 0 Å². The molecule has 0 unspecified atom stereocenters. The molecule has 1 N–H and O–H groups in total. The average molecular weight is 286 g/mol. The van der Waals surface area contributed by atoms with Gasteiger partial charge in [0.15, 0.2) is 17.2 Å². The average Bonchev–Trinajstić information content (AvgIpc) is 3.32. The van der Waals surface area contributed by atoms with Crippen molar-refractivity contribution < 1.29 is 19.4 Å². The first-order valence-corrected chi connectivity index (χ1v) is 6.58. The summed E-state index contributed by atoms with van der Waals surface area (Å²) in [6, 6.07) is 6.55. The Morgan fingerprint density at radius 2 is 2.10 bits per heavy atom. The van der Waals surface area contributed by atoms with Crippen LogP contribution in [0.15, 0.2) is 30.6 Å². The monoisotopic (exact) mass is 286 g/mol. The SMILES string of the molecule is COC(=O)c1cc(-c2ccc(OC3CC3)c(O)c2)ncn1. The summed E-state index contributed by atoms with van der Waals surface area (Å²) < 4.78 is 10.2. The Morgan fingerprint density at radius 1 is 1.29 bits per heavy atom. The molecule has 0 aliphatic heterocycles. The van der Waals surface area contributed by atoms with Crippen LogP contribution in [0.3, 0.4) is 0 Å². The zero-order valence-electron chi connectivity index (χ0n) is 11.4. The second-order valence-electron chi connectivity index (χ2n) is 4.78. The van der Waals surface area contributed by atoms with Gasteiger partial charge in [0.05, 0.1) is 18.9 Å². The van der Waals surface area contributed by atoms with E-state index in [1.807, 2.05) is 0 Å². The first kappa shape index (κ1) is 13.4. The lowest BCUT2D eigenvalue weighted by Crippen LogP contribution is -2.04. The minimum Gasteiger partial charge on any atom is -0.504 e. The van der Waals surface area contributed by atoms with Crippen molar-refractivity contribution >= 4 is 5.97 Å². The molecule has 0 saturated heterocycles. The lowest BCUT2D eigenvalue weighted by atomic mass is 10.1. The Balaban J connectivity index is 1.89. The fraction of sp³-hybridized carbons (Fsp3) is 0.267. The first-order valence-electron chi connectivity index (χ1n) is 6.58. The predicted molar refractivity (Wildman–Crippen MR) is 74.1 cm³/mol. The molecule has 21 heavy (non-hydrogen) atoms. The molecule has 2 aromatic rings. The van der Waals surface area contributed by atoms with E-state index in [1.54, 1.807) is 18.2 Å². The lowest BCUT2D eigenvalue weighted by Gasteiger charge is -2.08. The molecule has 1 aliphatic carbocycles. The molecule has 1 heterocycles. The van der Waals surface area contributed by atoms with Crippen molar-refractivity contribution in [1.29, 1.82) is 0 Å². The summed E-state index contributed by atoms with van der Waals surface area (Å²) in [7, 11) is 1.29. The molecule has 1 aromatic carbocycles. The Morgan fingerprint density at radius 3 is 2.76 bits per heavy atom. The minimum absolute atomic E-state index is 0.0534. The molecule has 108 valence electrons. The number of aromatic hydroxyl groups is 1. The quantitative estimate of drug-likeness (QED) is 0.867. The van der Waals surface area contributed by atoms with Crippen molar-refractivity contribution in [3.8, 4) is 22.8 Å². The number of ether oxygens (including phenoxy) is 2. The van der Waals surface area contributed by atoms with Gasteiger partial charge >= 0.3 is 5.97 Å². The highest BCUT2D eigenvalue weighted by molar-refractivity contribution is 5.88. The van der Waals surface area contributed by atoms with Crippen molar-refractivity contribution in [3.05, 3.63) is 36.3 Å². The normalized spacial score (nSPS) is 13.8. The highest BCUT2D eigenvalue weighted by Crippen LogP contribution is 2.35. The number of benzene rings is 1. The maximum absolute atomic E-state index is 11.5. The van der Waals surface area contributed by atoms with Gasteiger partial charge in [0.1, 0.15) is 6.33 Å². The van der Waals surface area contributed by atoms with Crippen LogP contribution in [0.2, 0.25) is 0 Å². The Bertz CT molecular complexity index is 683. The number of nitrogens with zero attached hydrogens (tertiary/aromatic N) is 2. The Kier molecular flexibility index (Phi) is 3.43. The second-order valence-corrected chi connectivity index (χ2v) is 4.78. The number of hydrogen-bond acceptors (Lipinski definition) is 6. The van der Waals surface area contributed by atoms with E-state index in [9.17, 15) is 9.90 Å². The van der Waals surface area contributed by atoms with Crippen LogP contribution in [0.4, 0.5) is 0 Å². The molecule has 1 saturated carbocycles.